The van der Waals surface area contributed by atoms with E-state index in [0.717, 1.165) is 12.1 Å². The Hall–Kier alpha value is -3.37. The molecule has 0 saturated carbocycles. The van der Waals surface area contributed by atoms with E-state index in [4.69, 9.17) is 42.4 Å². The van der Waals surface area contributed by atoms with Gasteiger partial charge < -0.3 is 19.1 Å². The van der Waals surface area contributed by atoms with Crippen molar-refractivity contribution in [2.24, 2.45) is 0 Å². The molecule has 11 heteroatoms. The largest absolute Gasteiger partial charge is 0.489 e. The zero-order chi connectivity index (χ0) is 29.5. The average Bonchev–Trinajstić information content (AvgIpc) is 3.60. The van der Waals surface area contributed by atoms with Gasteiger partial charge in [-0.25, -0.2) is 9.37 Å². The first-order chi connectivity index (χ1) is 20.3. The molecular formula is C31H31Cl2FN4O4. The van der Waals surface area contributed by atoms with Crippen LogP contribution < -0.4 is 9.47 Å². The molecule has 4 aromatic rings. The van der Waals surface area contributed by atoms with Gasteiger partial charge in [-0.15, -0.1) is 0 Å². The van der Waals surface area contributed by atoms with Crippen molar-refractivity contribution in [2.75, 3.05) is 47.1 Å². The number of nitrogens with zero attached hydrogens (tertiary/aromatic N) is 4. The van der Waals surface area contributed by atoms with Gasteiger partial charge in [0.25, 0.3) is 5.91 Å². The predicted molar refractivity (Wildman–Crippen MR) is 159 cm³/mol. The van der Waals surface area contributed by atoms with Gasteiger partial charge in [-0.3, -0.25) is 14.1 Å². The summed E-state index contributed by atoms with van der Waals surface area (Å²) in [5, 5.41) is 0.698. The molecule has 2 aromatic heterocycles. The van der Waals surface area contributed by atoms with Crippen LogP contribution in [0.5, 0.6) is 11.6 Å². The lowest BCUT2D eigenvalue weighted by atomic mass is 10.0. The number of aromatic nitrogens is 2. The van der Waals surface area contributed by atoms with Gasteiger partial charge in [0.1, 0.15) is 28.8 Å². The Labute approximate surface area is 253 Å². The topological polar surface area (TPSA) is 68.5 Å². The Morgan fingerprint density at radius 3 is 2.79 bits per heavy atom. The third-order valence-electron chi connectivity index (χ3n) is 8.15. The average molecular weight is 614 g/mol. The summed E-state index contributed by atoms with van der Waals surface area (Å²) < 4.78 is 34.0. The van der Waals surface area contributed by atoms with Crippen LogP contribution >= 0.6 is 23.2 Å². The van der Waals surface area contributed by atoms with Crippen LogP contribution in [0.2, 0.25) is 10.0 Å². The summed E-state index contributed by atoms with van der Waals surface area (Å²) in [6.45, 7) is 4.39. The van der Waals surface area contributed by atoms with Gasteiger partial charge in [-0.05, 0) is 50.2 Å². The summed E-state index contributed by atoms with van der Waals surface area (Å²) in [5.41, 5.74) is 2.93. The monoisotopic (exact) mass is 612 g/mol. The highest BCUT2D eigenvalue weighted by Gasteiger charge is 2.38. The zero-order valence-electron chi connectivity index (χ0n) is 23.6. The molecule has 0 aliphatic carbocycles. The van der Waals surface area contributed by atoms with Crippen LogP contribution in [0.3, 0.4) is 0 Å². The fourth-order valence-electron chi connectivity index (χ4n) is 5.71. The number of carbonyl (C=O) groups excluding carboxylic acids is 1. The summed E-state index contributed by atoms with van der Waals surface area (Å²) in [4.78, 5) is 23.5. The molecular weight excluding hydrogens is 582 g/mol. The van der Waals surface area contributed by atoms with Crippen LogP contribution in [0, 0.1) is 12.7 Å². The van der Waals surface area contributed by atoms with Gasteiger partial charge in [0, 0.05) is 30.3 Å². The number of rotatable bonds is 7. The molecule has 0 radical (unpaired) electrons. The maximum Gasteiger partial charge on any atom is 0.275 e. The number of carbonyl (C=O) groups is 1. The quantitative estimate of drug-likeness (QED) is 0.253. The number of hydrogen-bond acceptors (Lipinski definition) is 6. The van der Waals surface area contributed by atoms with Crippen LogP contribution in [0.25, 0.3) is 16.9 Å². The molecule has 2 atom stereocenters. The number of halogens is 3. The smallest absolute Gasteiger partial charge is 0.275 e. The Balaban J connectivity index is 1.48. The number of imidazole rings is 1. The summed E-state index contributed by atoms with van der Waals surface area (Å²) in [5.74, 6) is 0.252. The van der Waals surface area contributed by atoms with Crippen molar-refractivity contribution in [2.45, 2.75) is 25.4 Å². The normalized spacial score (nSPS) is 18.6. The third kappa shape index (κ3) is 5.08. The lowest BCUT2D eigenvalue weighted by molar-refractivity contribution is -0.00192. The van der Waals surface area contributed by atoms with Crippen molar-refractivity contribution in [3.05, 3.63) is 81.2 Å². The first-order valence-electron chi connectivity index (χ1n) is 13.8. The number of ether oxygens (including phenoxy) is 3. The van der Waals surface area contributed by atoms with E-state index in [1.165, 1.54) is 6.07 Å². The number of aryl methyl sites for hydroxylation is 1. The maximum atomic E-state index is 14.9. The molecule has 0 spiro atoms. The number of hydrogen-bond donors (Lipinski definition) is 0. The molecule has 0 bridgehead atoms. The molecule has 2 aliphatic rings. The van der Waals surface area contributed by atoms with E-state index in [0.29, 0.717) is 70.3 Å². The third-order valence-corrected chi connectivity index (χ3v) is 8.94. The minimum atomic E-state index is -0.439. The lowest BCUT2D eigenvalue weighted by Crippen LogP contribution is -2.46. The first-order valence-corrected chi connectivity index (χ1v) is 14.6. The van der Waals surface area contributed by atoms with Gasteiger partial charge >= 0.3 is 0 Å². The van der Waals surface area contributed by atoms with Crippen molar-refractivity contribution >= 4 is 34.8 Å². The Bertz CT molecular complexity index is 1660. The molecule has 8 nitrogen and oxygen atoms in total. The second-order valence-electron chi connectivity index (χ2n) is 10.6. The SMILES string of the molecule is COc1cccc2nc(C(=O)N(CC[C@@H]3COCCN3C)C3COc4c3ccc(Cl)c4Cl)c(-c3ccc(C)c(F)c3)n12. The summed E-state index contributed by atoms with van der Waals surface area (Å²) in [7, 11) is 3.61. The Morgan fingerprint density at radius 1 is 1.19 bits per heavy atom. The fourth-order valence-corrected chi connectivity index (χ4v) is 6.08. The minimum Gasteiger partial charge on any atom is -0.489 e. The zero-order valence-corrected chi connectivity index (χ0v) is 25.1. The molecule has 0 N–H and O–H groups in total. The summed E-state index contributed by atoms with van der Waals surface area (Å²) in [6, 6.07) is 13.5. The standard InChI is InChI=1S/C31H31Cl2FN4O4/c1-18-7-8-19(15-23(18)34)29-28(35-25-5-4-6-26(40-3)38(25)29)31(39)37(12-11-20-16-41-14-13-36(20)2)24-17-42-30-21(24)9-10-22(32)27(30)33/h4-10,15,20,24H,11-14,16-17H2,1-3H3/t20-,24?/m1/s1. The number of benzene rings is 2. The van der Waals surface area contributed by atoms with Crippen LogP contribution in [0.15, 0.2) is 48.5 Å². The molecule has 1 unspecified atom stereocenters. The molecule has 4 heterocycles. The summed E-state index contributed by atoms with van der Waals surface area (Å²) in [6.07, 6.45) is 0.667. The van der Waals surface area contributed by atoms with Crippen LogP contribution in [-0.2, 0) is 4.74 Å². The number of likely N-dealkylation sites (N-methyl/N-ethyl adjacent to an activating group) is 1. The molecule has 1 fully saturated rings. The molecule has 220 valence electrons. The highest BCUT2D eigenvalue weighted by molar-refractivity contribution is 6.43. The number of pyridine rings is 1. The predicted octanol–water partition coefficient (Wildman–Crippen LogP) is 6.06. The Morgan fingerprint density at radius 2 is 2.02 bits per heavy atom. The van der Waals surface area contributed by atoms with E-state index in [2.05, 4.69) is 11.9 Å². The van der Waals surface area contributed by atoms with Gasteiger partial charge in [0.2, 0.25) is 0 Å². The van der Waals surface area contributed by atoms with Gasteiger partial charge in [-0.1, -0.05) is 47.5 Å². The van der Waals surface area contributed by atoms with Crippen LogP contribution in [0.1, 0.15) is 34.1 Å². The maximum absolute atomic E-state index is 14.9. The summed E-state index contributed by atoms with van der Waals surface area (Å²) >= 11 is 12.8. The highest BCUT2D eigenvalue weighted by Crippen LogP contribution is 2.45. The molecule has 1 saturated heterocycles. The molecule has 6 rings (SSSR count). The Kier molecular flexibility index (Phi) is 8.02. The molecule has 1 amide bonds. The second kappa shape index (κ2) is 11.7. The van der Waals surface area contributed by atoms with Crippen LogP contribution in [-0.4, -0.2) is 78.2 Å². The molecule has 2 aliphatic heterocycles. The minimum absolute atomic E-state index is 0.136. The van der Waals surface area contributed by atoms with E-state index >= 15 is 0 Å². The van der Waals surface area contributed by atoms with E-state index in [1.807, 2.05) is 6.07 Å². The van der Waals surface area contributed by atoms with Crippen molar-refractivity contribution in [3.8, 4) is 22.9 Å². The number of amides is 1. The number of methoxy groups -OCH3 is 1. The van der Waals surface area contributed by atoms with Crippen LogP contribution in [0.4, 0.5) is 4.39 Å². The fraction of sp³-hybridized carbons (Fsp3) is 0.355. The van der Waals surface area contributed by atoms with Crippen molar-refractivity contribution in [1.82, 2.24) is 19.2 Å². The van der Waals surface area contributed by atoms with Gasteiger partial charge in [0.05, 0.1) is 37.1 Å². The first kappa shape index (κ1) is 28.7. The second-order valence-corrected chi connectivity index (χ2v) is 11.4. The molecule has 42 heavy (non-hydrogen) atoms. The van der Waals surface area contributed by atoms with Crippen molar-refractivity contribution in [3.63, 3.8) is 0 Å². The lowest BCUT2D eigenvalue weighted by Gasteiger charge is -2.35. The van der Waals surface area contributed by atoms with E-state index in [9.17, 15) is 9.18 Å². The highest BCUT2D eigenvalue weighted by atomic mass is 35.5. The van der Waals surface area contributed by atoms with Gasteiger partial charge in [-0.2, -0.15) is 0 Å². The number of fused-ring (bicyclic) bond motifs is 2. The number of morpholine rings is 1. The van der Waals surface area contributed by atoms with E-state index in [1.54, 1.807) is 59.7 Å². The van der Waals surface area contributed by atoms with E-state index < -0.39 is 6.04 Å². The molecule has 2 aromatic carbocycles. The van der Waals surface area contributed by atoms with Crippen molar-refractivity contribution < 1.29 is 23.4 Å². The van der Waals surface area contributed by atoms with Gasteiger partial charge in [0.15, 0.2) is 11.6 Å². The van der Waals surface area contributed by atoms with E-state index in [-0.39, 0.29) is 30.1 Å². The van der Waals surface area contributed by atoms with Crippen molar-refractivity contribution in [1.29, 1.82) is 0 Å².